The largest absolute Gasteiger partial charge is 0.309 e. The number of aromatic nitrogens is 2. The van der Waals surface area contributed by atoms with Crippen LogP contribution < -0.4 is 0 Å². The van der Waals surface area contributed by atoms with Crippen LogP contribution in [0.15, 0.2) is 202 Å². The van der Waals surface area contributed by atoms with Crippen LogP contribution >= 0.6 is 23.5 Å². The Morgan fingerprint density at radius 2 is 0.808 bits per heavy atom. The summed E-state index contributed by atoms with van der Waals surface area (Å²) in [4.78, 5) is 5.27. The molecule has 244 valence electrons. The Hall–Kier alpha value is -5.94. The average molecular weight is 699 g/mol. The van der Waals surface area contributed by atoms with Gasteiger partial charge < -0.3 is 9.13 Å². The fourth-order valence-electron chi connectivity index (χ4n) is 8.10. The molecule has 2 nitrogen and oxygen atoms in total. The zero-order valence-corrected chi connectivity index (χ0v) is 29.7. The van der Waals surface area contributed by atoms with Crippen LogP contribution in [-0.2, 0) is 0 Å². The maximum Gasteiger partial charge on any atom is 0.0542 e. The molecule has 0 atom stereocenters. The first-order valence-electron chi connectivity index (χ1n) is 17.6. The third kappa shape index (κ3) is 4.55. The number of nitrogens with zero attached hydrogens (tertiary/aromatic N) is 2. The van der Waals surface area contributed by atoms with Crippen molar-refractivity contribution in [1.82, 2.24) is 9.13 Å². The van der Waals surface area contributed by atoms with E-state index in [1.54, 1.807) is 0 Å². The van der Waals surface area contributed by atoms with Gasteiger partial charge in [0.1, 0.15) is 0 Å². The zero-order valence-electron chi connectivity index (χ0n) is 28.0. The molecule has 0 saturated heterocycles. The molecule has 0 saturated carbocycles. The van der Waals surface area contributed by atoms with Crippen molar-refractivity contribution in [2.75, 3.05) is 0 Å². The second-order valence-electron chi connectivity index (χ2n) is 13.3. The van der Waals surface area contributed by atoms with Gasteiger partial charge in [-0.3, -0.25) is 0 Å². The van der Waals surface area contributed by atoms with Gasteiger partial charge in [0, 0.05) is 52.4 Å². The molecule has 3 heterocycles. The van der Waals surface area contributed by atoms with Crippen LogP contribution in [0.4, 0.5) is 0 Å². The molecule has 1 aliphatic rings. The first kappa shape index (κ1) is 29.8. The fraction of sp³-hybridized carbons (Fsp3) is 0. The van der Waals surface area contributed by atoms with E-state index in [1.807, 2.05) is 23.5 Å². The van der Waals surface area contributed by atoms with E-state index in [4.69, 9.17) is 0 Å². The van der Waals surface area contributed by atoms with Crippen LogP contribution in [0.25, 0.3) is 77.2 Å². The Morgan fingerprint density at radius 3 is 1.42 bits per heavy atom. The number of benzene rings is 8. The SMILES string of the molecule is c1cc(-c2cc(-n3c4ccccc4c4ccccc43)ccc2-n2c3ccccc3c3ccccc32)cc(-c2cccc3c2Sc2ccccc2S3)c1. The highest BCUT2D eigenvalue weighted by Crippen LogP contribution is 2.52. The van der Waals surface area contributed by atoms with Gasteiger partial charge in [0.15, 0.2) is 0 Å². The molecule has 10 aromatic rings. The molecule has 0 amide bonds. The highest BCUT2D eigenvalue weighted by Gasteiger charge is 2.22. The van der Waals surface area contributed by atoms with Crippen molar-refractivity contribution in [3.05, 3.63) is 182 Å². The standard InChI is InChI=1S/C48H30N2S2/c1-5-20-40-35(15-1)36-16-2-6-21-41(36)49(40)33-27-28-44(50-42-22-7-3-17-37(42)38-18-4-8-23-43(38)50)39(30-33)32-14-11-13-31(29-32)34-19-12-26-47-48(34)52-46-25-10-9-24-45(46)51-47/h1-30H. The molecular weight excluding hydrogens is 669 g/mol. The summed E-state index contributed by atoms with van der Waals surface area (Å²) < 4.78 is 4.88. The molecule has 0 N–H and O–H groups in total. The van der Waals surface area contributed by atoms with Crippen LogP contribution in [-0.4, -0.2) is 9.13 Å². The van der Waals surface area contributed by atoms with Gasteiger partial charge in [-0.15, -0.1) is 0 Å². The summed E-state index contributed by atoms with van der Waals surface area (Å²) in [6.45, 7) is 0. The summed E-state index contributed by atoms with van der Waals surface area (Å²) >= 11 is 3.75. The van der Waals surface area contributed by atoms with E-state index in [0.29, 0.717) is 0 Å². The quantitative estimate of drug-likeness (QED) is 0.181. The second-order valence-corrected chi connectivity index (χ2v) is 15.4. The number of rotatable bonds is 4. The molecule has 8 aromatic carbocycles. The van der Waals surface area contributed by atoms with Crippen molar-refractivity contribution in [3.63, 3.8) is 0 Å². The summed E-state index contributed by atoms with van der Waals surface area (Å²) in [5.41, 5.74) is 12.0. The van der Waals surface area contributed by atoms with E-state index in [9.17, 15) is 0 Å². The van der Waals surface area contributed by atoms with Crippen LogP contribution in [0.3, 0.4) is 0 Å². The van der Waals surface area contributed by atoms with Crippen LogP contribution in [0.5, 0.6) is 0 Å². The van der Waals surface area contributed by atoms with E-state index in [2.05, 4.69) is 191 Å². The summed E-state index contributed by atoms with van der Waals surface area (Å²) in [6.07, 6.45) is 0. The summed E-state index contributed by atoms with van der Waals surface area (Å²) in [5.74, 6) is 0. The van der Waals surface area contributed by atoms with E-state index < -0.39 is 0 Å². The lowest BCUT2D eigenvalue weighted by molar-refractivity contribution is 1.15. The van der Waals surface area contributed by atoms with Gasteiger partial charge >= 0.3 is 0 Å². The lowest BCUT2D eigenvalue weighted by atomic mass is 9.97. The van der Waals surface area contributed by atoms with E-state index in [-0.39, 0.29) is 0 Å². The summed E-state index contributed by atoms with van der Waals surface area (Å²) in [5, 5.41) is 5.04. The van der Waals surface area contributed by atoms with Gasteiger partial charge in [0.25, 0.3) is 0 Å². The maximum atomic E-state index is 2.45. The number of para-hydroxylation sites is 4. The first-order chi connectivity index (χ1) is 25.8. The first-order valence-corrected chi connectivity index (χ1v) is 19.2. The Labute approximate surface area is 310 Å². The van der Waals surface area contributed by atoms with Gasteiger partial charge in [-0.2, -0.15) is 0 Å². The Balaban J connectivity index is 1.17. The van der Waals surface area contributed by atoms with Gasteiger partial charge in [0.05, 0.1) is 27.8 Å². The lowest BCUT2D eigenvalue weighted by Gasteiger charge is -2.21. The third-order valence-corrected chi connectivity index (χ3v) is 13.0. The van der Waals surface area contributed by atoms with E-state index in [1.165, 1.54) is 85.4 Å². The average Bonchev–Trinajstić information content (AvgIpc) is 3.73. The van der Waals surface area contributed by atoms with Crippen molar-refractivity contribution in [3.8, 4) is 33.6 Å². The van der Waals surface area contributed by atoms with Crippen molar-refractivity contribution >= 4 is 67.1 Å². The predicted molar refractivity (Wildman–Crippen MR) is 221 cm³/mol. The molecule has 0 spiro atoms. The predicted octanol–water partition coefficient (Wildman–Crippen LogP) is 13.8. The van der Waals surface area contributed by atoms with Crippen LogP contribution in [0, 0.1) is 0 Å². The molecule has 11 rings (SSSR count). The maximum absolute atomic E-state index is 2.45. The van der Waals surface area contributed by atoms with E-state index in [0.717, 1.165) is 11.4 Å². The van der Waals surface area contributed by atoms with Crippen molar-refractivity contribution in [1.29, 1.82) is 0 Å². The molecular formula is C48H30N2S2. The normalized spacial score (nSPS) is 12.5. The van der Waals surface area contributed by atoms with Gasteiger partial charge in [0.2, 0.25) is 0 Å². The minimum absolute atomic E-state index is 1.14. The van der Waals surface area contributed by atoms with Crippen LogP contribution in [0.1, 0.15) is 0 Å². The molecule has 2 aromatic heterocycles. The van der Waals surface area contributed by atoms with Crippen molar-refractivity contribution in [2.45, 2.75) is 19.6 Å². The number of fused-ring (bicyclic) bond motifs is 8. The number of hydrogen-bond donors (Lipinski definition) is 0. The van der Waals surface area contributed by atoms with Gasteiger partial charge in [-0.05, 0) is 83.4 Å². The fourth-order valence-corrected chi connectivity index (χ4v) is 10.5. The molecule has 0 aliphatic carbocycles. The monoisotopic (exact) mass is 698 g/mol. The second kappa shape index (κ2) is 11.8. The van der Waals surface area contributed by atoms with Crippen molar-refractivity contribution < 1.29 is 0 Å². The Kier molecular flexibility index (Phi) is 6.76. The summed E-state index contributed by atoms with van der Waals surface area (Å²) in [6, 6.07) is 66.7. The smallest absolute Gasteiger partial charge is 0.0542 e. The molecule has 52 heavy (non-hydrogen) atoms. The van der Waals surface area contributed by atoms with Gasteiger partial charge in [-0.1, -0.05) is 139 Å². The Bertz CT molecular complexity index is 2930. The third-order valence-electron chi connectivity index (χ3n) is 10.4. The summed E-state index contributed by atoms with van der Waals surface area (Å²) in [7, 11) is 0. The molecule has 0 unspecified atom stereocenters. The minimum Gasteiger partial charge on any atom is -0.309 e. The molecule has 0 bridgehead atoms. The highest BCUT2D eigenvalue weighted by molar-refractivity contribution is 8.05. The van der Waals surface area contributed by atoms with Crippen molar-refractivity contribution in [2.24, 2.45) is 0 Å². The lowest BCUT2D eigenvalue weighted by Crippen LogP contribution is -2.01. The molecule has 0 radical (unpaired) electrons. The molecule has 1 aliphatic heterocycles. The number of hydrogen-bond acceptors (Lipinski definition) is 2. The topological polar surface area (TPSA) is 9.86 Å². The molecule has 0 fully saturated rings. The van der Waals surface area contributed by atoms with E-state index >= 15 is 0 Å². The zero-order chi connectivity index (χ0) is 34.2. The highest BCUT2D eigenvalue weighted by atomic mass is 32.2. The molecule has 4 heteroatoms. The van der Waals surface area contributed by atoms with Gasteiger partial charge in [-0.25, -0.2) is 0 Å². The Morgan fingerprint density at radius 1 is 0.327 bits per heavy atom. The van der Waals surface area contributed by atoms with Crippen LogP contribution in [0.2, 0.25) is 0 Å². The minimum atomic E-state index is 1.14.